The van der Waals surface area contributed by atoms with E-state index in [4.69, 9.17) is 0 Å². The van der Waals surface area contributed by atoms with Gasteiger partial charge in [0.2, 0.25) is 0 Å². The molecule has 0 radical (unpaired) electrons. The molecule has 1 saturated heterocycles. The van der Waals surface area contributed by atoms with Gasteiger partial charge in [-0.15, -0.1) is 0 Å². The van der Waals surface area contributed by atoms with Gasteiger partial charge in [0, 0.05) is 25.0 Å². The van der Waals surface area contributed by atoms with Crippen LogP contribution in [0.15, 0.2) is 24.4 Å². The van der Waals surface area contributed by atoms with Gasteiger partial charge in [0.15, 0.2) is 0 Å². The minimum absolute atomic E-state index is 0.0126. The Balaban J connectivity index is 2.06. The molecule has 1 aliphatic heterocycles. The second-order valence-electron chi connectivity index (χ2n) is 3.43. The number of carbonyl (C=O) groups excluding carboxylic acids is 1. The first-order chi connectivity index (χ1) is 7.31. The topological polar surface area (TPSA) is 45.2 Å². The van der Waals surface area contributed by atoms with Gasteiger partial charge in [-0.25, -0.2) is 4.79 Å². The first-order valence-corrected chi connectivity index (χ1v) is 5.51. The van der Waals surface area contributed by atoms with Crippen LogP contribution in [0.3, 0.4) is 0 Å². The zero-order valence-electron chi connectivity index (χ0n) is 8.26. The molecule has 80 valence electrons. The van der Waals surface area contributed by atoms with Crippen LogP contribution < -0.4 is 5.32 Å². The van der Waals surface area contributed by atoms with Crippen molar-refractivity contribution in [2.75, 3.05) is 18.8 Å². The normalized spacial score (nSPS) is 20.5. The molecular formula is C10H13N3OS. The van der Waals surface area contributed by atoms with Crippen LogP contribution in [0.5, 0.6) is 0 Å². The monoisotopic (exact) mass is 223 g/mol. The fraction of sp³-hybridized carbons (Fsp3) is 0.400. The molecule has 1 fully saturated rings. The van der Waals surface area contributed by atoms with Crippen LogP contribution >= 0.6 is 12.6 Å². The van der Waals surface area contributed by atoms with Gasteiger partial charge in [-0.1, -0.05) is 6.07 Å². The molecular weight excluding hydrogens is 210 g/mol. The van der Waals surface area contributed by atoms with Gasteiger partial charge in [-0.2, -0.15) is 12.6 Å². The van der Waals surface area contributed by atoms with Crippen molar-refractivity contribution in [3.8, 4) is 0 Å². The van der Waals surface area contributed by atoms with Gasteiger partial charge in [-0.05, 0) is 12.1 Å². The lowest BCUT2D eigenvalue weighted by Gasteiger charge is -2.12. The van der Waals surface area contributed by atoms with E-state index in [1.54, 1.807) is 11.1 Å². The van der Waals surface area contributed by atoms with Gasteiger partial charge in [0.05, 0.1) is 11.7 Å². The third kappa shape index (κ3) is 2.23. The Morgan fingerprint density at radius 1 is 1.60 bits per heavy atom. The summed E-state index contributed by atoms with van der Waals surface area (Å²) < 4.78 is 0. The highest BCUT2D eigenvalue weighted by Crippen LogP contribution is 2.17. The van der Waals surface area contributed by atoms with Crippen molar-refractivity contribution in [2.24, 2.45) is 0 Å². The average Bonchev–Trinajstić information content (AvgIpc) is 2.63. The molecule has 1 aromatic rings. The molecule has 1 aromatic heterocycles. The number of hydrogen-bond acceptors (Lipinski definition) is 3. The Bertz CT molecular complexity index is 344. The zero-order chi connectivity index (χ0) is 10.7. The first-order valence-electron chi connectivity index (χ1n) is 4.88. The van der Waals surface area contributed by atoms with Gasteiger partial charge in [0.25, 0.3) is 0 Å². The number of urea groups is 1. The lowest BCUT2D eigenvalue weighted by atomic mass is 10.2. The van der Waals surface area contributed by atoms with Crippen molar-refractivity contribution in [3.63, 3.8) is 0 Å². The summed E-state index contributed by atoms with van der Waals surface area (Å²) in [6.07, 6.45) is 1.74. The fourth-order valence-electron chi connectivity index (χ4n) is 1.65. The summed E-state index contributed by atoms with van der Waals surface area (Å²) in [4.78, 5) is 17.5. The predicted octanol–water partition coefficient (Wildman–Crippen LogP) is 1.08. The third-order valence-electron chi connectivity index (χ3n) is 2.40. The number of pyridine rings is 1. The molecule has 0 spiro atoms. The number of rotatable bonds is 3. The van der Waals surface area contributed by atoms with E-state index in [1.165, 1.54) is 0 Å². The molecule has 4 nitrogen and oxygen atoms in total. The molecule has 1 atom stereocenters. The highest BCUT2D eigenvalue weighted by atomic mass is 32.1. The maximum absolute atomic E-state index is 11.5. The summed E-state index contributed by atoms with van der Waals surface area (Å²) in [6, 6.07) is 5.70. The van der Waals surface area contributed by atoms with Crippen LogP contribution in [0.1, 0.15) is 11.7 Å². The Morgan fingerprint density at radius 2 is 2.47 bits per heavy atom. The van der Waals surface area contributed by atoms with Crippen molar-refractivity contribution >= 4 is 18.7 Å². The van der Waals surface area contributed by atoms with Gasteiger partial charge >= 0.3 is 6.03 Å². The zero-order valence-corrected chi connectivity index (χ0v) is 9.15. The van der Waals surface area contributed by atoms with Crippen molar-refractivity contribution in [2.45, 2.75) is 6.04 Å². The highest BCUT2D eigenvalue weighted by molar-refractivity contribution is 7.80. The minimum atomic E-state index is -0.0281. The molecule has 2 heterocycles. The number of aromatic nitrogens is 1. The standard InChI is InChI=1S/C10H13N3OS/c14-10-12-9(7-13(10)5-6-15)8-3-1-2-4-11-8/h1-4,9,15H,5-7H2,(H,12,14). The molecule has 1 N–H and O–H groups in total. The third-order valence-corrected chi connectivity index (χ3v) is 2.60. The van der Waals surface area contributed by atoms with E-state index in [9.17, 15) is 4.79 Å². The molecule has 2 rings (SSSR count). The Kier molecular flexibility index (Phi) is 3.11. The van der Waals surface area contributed by atoms with E-state index in [2.05, 4.69) is 22.9 Å². The Hall–Kier alpha value is -1.23. The summed E-state index contributed by atoms with van der Waals surface area (Å²) in [5.74, 6) is 0.683. The van der Waals surface area contributed by atoms with Crippen LogP contribution in [-0.4, -0.2) is 34.8 Å². The van der Waals surface area contributed by atoms with Crippen LogP contribution in [0, 0.1) is 0 Å². The van der Waals surface area contributed by atoms with Crippen molar-refractivity contribution in [1.29, 1.82) is 0 Å². The number of nitrogens with one attached hydrogen (secondary N) is 1. The molecule has 0 aromatic carbocycles. The summed E-state index contributed by atoms with van der Waals surface area (Å²) in [5.41, 5.74) is 0.910. The molecule has 0 saturated carbocycles. The van der Waals surface area contributed by atoms with E-state index >= 15 is 0 Å². The molecule has 1 unspecified atom stereocenters. The molecule has 2 amide bonds. The molecule has 1 aliphatic rings. The Labute approximate surface area is 94.1 Å². The summed E-state index contributed by atoms with van der Waals surface area (Å²) in [5, 5.41) is 2.90. The second kappa shape index (κ2) is 4.53. The number of thiol groups is 1. The maximum Gasteiger partial charge on any atom is 0.318 e. The van der Waals surface area contributed by atoms with Crippen molar-refractivity contribution < 1.29 is 4.79 Å². The summed E-state index contributed by atoms with van der Waals surface area (Å²) in [6.45, 7) is 1.36. The van der Waals surface area contributed by atoms with E-state index in [-0.39, 0.29) is 12.1 Å². The average molecular weight is 223 g/mol. The van der Waals surface area contributed by atoms with Gasteiger partial charge in [0.1, 0.15) is 0 Å². The summed E-state index contributed by atoms with van der Waals surface area (Å²) in [7, 11) is 0. The van der Waals surface area contributed by atoms with Crippen LogP contribution in [0.2, 0.25) is 0 Å². The van der Waals surface area contributed by atoms with E-state index < -0.39 is 0 Å². The predicted molar refractivity (Wildman–Crippen MR) is 60.9 cm³/mol. The fourth-order valence-corrected chi connectivity index (χ4v) is 1.89. The molecule has 5 heteroatoms. The lowest BCUT2D eigenvalue weighted by Crippen LogP contribution is -2.29. The summed E-state index contributed by atoms with van der Waals surface area (Å²) >= 11 is 4.12. The van der Waals surface area contributed by atoms with Crippen molar-refractivity contribution in [1.82, 2.24) is 15.2 Å². The number of carbonyl (C=O) groups is 1. The van der Waals surface area contributed by atoms with Crippen LogP contribution in [0.4, 0.5) is 4.79 Å². The van der Waals surface area contributed by atoms with E-state index in [0.717, 1.165) is 5.69 Å². The quantitative estimate of drug-likeness (QED) is 0.753. The number of hydrogen-bond donors (Lipinski definition) is 2. The molecule has 15 heavy (non-hydrogen) atoms. The SMILES string of the molecule is O=C1NC(c2ccccn2)CN1CCS. The first kappa shape index (κ1) is 10.3. The van der Waals surface area contributed by atoms with E-state index in [1.807, 2.05) is 18.2 Å². The van der Waals surface area contributed by atoms with Crippen molar-refractivity contribution in [3.05, 3.63) is 30.1 Å². The number of nitrogens with zero attached hydrogens (tertiary/aromatic N) is 2. The smallest absolute Gasteiger partial charge is 0.318 e. The van der Waals surface area contributed by atoms with Gasteiger partial charge < -0.3 is 10.2 Å². The lowest BCUT2D eigenvalue weighted by molar-refractivity contribution is 0.220. The number of amides is 2. The molecule has 0 aliphatic carbocycles. The highest BCUT2D eigenvalue weighted by Gasteiger charge is 2.29. The van der Waals surface area contributed by atoms with Gasteiger partial charge in [-0.3, -0.25) is 4.98 Å². The minimum Gasteiger partial charge on any atom is -0.328 e. The maximum atomic E-state index is 11.5. The van der Waals surface area contributed by atoms with Crippen LogP contribution in [0.25, 0.3) is 0 Å². The second-order valence-corrected chi connectivity index (χ2v) is 3.87. The molecule has 0 bridgehead atoms. The largest absolute Gasteiger partial charge is 0.328 e. The van der Waals surface area contributed by atoms with Crippen LogP contribution in [-0.2, 0) is 0 Å². The Morgan fingerprint density at radius 3 is 3.13 bits per heavy atom. The van der Waals surface area contributed by atoms with E-state index in [0.29, 0.717) is 18.8 Å².